The van der Waals surface area contributed by atoms with E-state index in [1.807, 2.05) is 0 Å². The lowest BCUT2D eigenvalue weighted by atomic mass is 9.95. The maximum Gasteiger partial charge on any atom is 0.425 e. The Hall–Kier alpha value is -1.99. The van der Waals surface area contributed by atoms with E-state index in [9.17, 15) is 13.2 Å². The SMILES string of the molecule is CC(Oc1nc2c(cc1C(N)=NO)CCCC2)C(F)(F)F. The highest BCUT2D eigenvalue weighted by Gasteiger charge is 2.39. The monoisotopic (exact) mass is 303 g/mol. The molecule has 1 atom stereocenters. The van der Waals surface area contributed by atoms with Gasteiger partial charge in [0.2, 0.25) is 5.88 Å². The summed E-state index contributed by atoms with van der Waals surface area (Å²) in [5.74, 6) is -0.573. The lowest BCUT2D eigenvalue weighted by Gasteiger charge is -2.22. The van der Waals surface area contributed by atoms with Gasteiger partial charge in [-0.2, -0.15) is 13.2 Å². The second-order valence-corrected chi connectivity index (χ2v) is 4.94. The first kappa shape index (κ1) is 15.4. The number of hydrogen-bond acceptors (Lipinski definition) is 4. The quantitative estimate of drug-likeness (QED) is 0.389. The number of nitrogens with two attached hydrogens (primary N) is 1. The topological polar surface area (TPSA) is 80.7 Å². The maximum absolute atomic E-state index is 12.6. The number of rotatable bonds is 3. The average Bonchev–Trinajstić information content (AvgIpc) is 2.44. The molecular formula is C13H16F3N3O2. The summed E-state index contributed by atoms with van der Waals surface area (Å²) in [4.78, 5) is 4.14. The van der Waals surface area contributed by atoms with Gasteiger partial charge in [-0.3, -0.25) is 0 Å². The molecule has 1 heterocycles. The molecule has 0 saturated carbocycles. The summed E-state index contributed by atoms with van der Waals surface area (Å²) in [5.41, 5.74) is 7.20. The first-order valence-corrected chi connectivity index (χ1v) is 6.57. The third kappa shape index (κ3) is 3.37. The lowest BCUT2D eigenvalue weighted by Crippen LogP contribution is -2.32. The molecule has 1 aliphatic carbocycles. The molecule has 1 aliphatic rings. The van der Waals surface area contributed by atoms with Gasteiger partial charge in [0.1, 0.15) is 0 Å². The summed E-state index contributed by atoms with van der Waals surface area (Å²) in [6, 6.07) is 1.59. The smallest absolute Gasteiger partial charge is 0.425 e. The van der Waals surface area contributed by atoms with Crippen molar-refractivity contribution in [3.05, 3.63) is 22.9 Å². The summed E-state index contributed by atoms with van der Waals surface area (Å²) in [6.07, 6.45) is -3.19. The van der Waals surface area contributed by atoms with Crippen LogP contribution in [0.25, 0.3) is 0 Å². The van der Waals surface area contributed by atoms with Crippen LogP contribution in [0.2, 0.25) is 0 Å². The molecule has 0 amide bonds. The van der Waals surface area contributed by atoms with Crippen molar-refractivity contribution in [1.82, 2.24) is 4.98 Å². The zero-order chi connectivity index (χ0) is 15.6. The number of alkyl halides is 3. The fourth-order valence-corrected chi connectivity index (χ4v) is 2.18. The molecule has 0 aliphatic heterocycles. The van der Waals surface area contributed by atoms with Gasteiger partial charge in [0, 0.05) is 5.69 Å². The highest BCUT2D eigenvalue weighted by atomic mass is 19.4. The van der Waals surface area contributed by atoms with Crippen LogP contribution in [0.5, 0.6) is 5.88 Å². The van der Waals surface area contributed by atoms with Gasteiger partial charge in [0.05, 0.1) is 5.56 Å². The second kappa shape index (κ2) is 5.79. The summed E-state index contributed by atoms with van der Waals surface area (Å²) >= 11 is 0. The van der Waals surface area contributed by atoms with Crippen molar-refractivity contribution in [3.8, 4) is 5.88 Å². The molecule has 0 aromatic carbocycles. The van der Waals surface area contributed by atoms with E-state index in [1.54, 1.807) is 6.07 Å². The standard InChI is InChI=1S/C13H16F3N3O2/c1-7(13(14,15)16)21-12-9(11(17)19-20)6-8-4-2-3-5-10(8)18-12/h6-7,20H,2-5H2,1H3,(H2,17,19). The Labute approximate surface area is 119 Å². The minimum atomic E-state index is -4.51. The molecule has 0 saturated heterocycles. The number of nitrogens with zero attached hydrogens (tertiary/aromatic N) is 2. The third-order valence-electron chi connectivity index (χ3n) is 3.40. The maximum atomic E-state index is 12.6. The molecule has 2 rings (SSSR count). The van der Waals surface area contributed by atoms with E-state index in [-0.39, 0.29) is 17.3 Å². The Kier molecular flexibility index (Phi) is 4.24. The predicted molar refractivity (Wildman–Crippen MR) is 69.5 cm³/mol. The molecule has 5 nitrogen and oxygen atoms in total. The number of amidine groups is 1. The molecule has 21 heavy (non-hydrogen) atoms. The van der Waals surface area contributed by atoms with Gasteiger partial charge < -0.3 is 15.7 Å². The first-order valence-electron chi connectivity index (χ1n) is 6.57. The molecule has 0 bridgehead atoms. The number of aryl methyl sites for hydroxylation is 2. The summed E-state index contributed by atoms with van der Waals surface area (Å²) in [6.45, 7) is 0.886. The van der Waals surface area contributed by atoms with Crippen molar-refractivity contribution >= 4 is 5.84 Å². The fraction of sp³-hybridized carbons (Fsp3) is 0.538. The molecule has 0 fully saturated rings. The van der Waals surface area contributed by atoms with Crippen LogP contribution in [-0.4, -0.2) is 28.3 Å². The van der Waals surface area contributed by atoms with E-state index < -0.39 is 12.3 Å². The van der Waals surface area contributed by atoms with E-state index in [2.05, 4.69) is 10.1 Å². The van der Waals surface area contributed by atoms with Gasteiger partial charge in [0.25, 0.3) is 0 Å². The van der Waals surface area contributed by atoms with Crippen LogP contribution in [0, 0.1) is 0 Å². The van der Waals surface area contributed by atoms with Crippen LogP contribution in [0.4, 0.5) is 13.2 Å². The molecule has 116 valence electrons. The van der Waals surface area contributed by atoms with Crippen molar-refractivity contribution in [3.63, 3.8) is 0 Å². The van der Waals surface area contributed by atoms with Gasteiger partial charge in [-0.15, -0.1) is 0 Å². The Morgan fingerprint density at radius 1 is 1.43 bits per heavy atom. The molecule has 0 spiro atoms. The molecule has 3 N–H and O–H groups in total. The zero-order valence-electron chi connectivity index (χ0n) is 11.4. The summed E-state index contributed by atoms with van der Waals surface area (Å²) in [7, 11) is 0. The van der Waals surface area contributed by atoms with Gasteiger partial charge in [-0.1, -0.05) is 5.16 Å². The molecule has 0 radical (unpaired) electrons. The normalized spacial score (nSPS) is 17.2. The number of oxime groups is 1. The molecule has 8 heteroatoms. The van der Waals surface area contributed by atoms with E-state index in [1.165, 1.54) is 0 Å². The number of ether oxygens (including phenoxy) is 1. The summed E-state index contributed by atoms with van der Waals surface area (Å²) < 4.78 is 42.8. The Morgan fingerprint density at radius 2 is 2.10 bits per heavy atom. The van der Waals surface area contributed by atoms with Crippen molar-refractivity contribution in [1.29, 1.82) is 0 Å². The van der Waals surface area contributed by atoms with Crippen molar-refractivity contribution in [2.45, 2.75) is 44.9 Å². The van der Waals surface area contributed by atoms with E-state index in [0.29, 0.717) is 12.1 Å². The number of fused-ring (bicyclic) bond motifs is 1. The van der Waals surface area contributed by atoms with Gasteiger partial charge in [-0.05, 0) is 44.2 Å². The Bertz CT molecular complexity index is 558. The average molecular weight is 303 g/mol. The van der Waals surface area contributed by atoms with Crippen LogP contribution in [0.15, 0.2) is 11.2 Å². The number of aromatic nitrogens is 1. The van der Waals surface area contributed by atoms with Crippen LogP contribution in [0.1, 0.15) is 36.6 Å². The molecule has 1 aromatic heterocycles. The summed E-state index contributed by atoms with van der Waals surface area (Å²) in [5, 5.41) is 11.6. The van der Waals surface area contributed by atoms with Crippen LogP contribution >= 0.6 is 0 Å². The van der Waals surface area contributed by atoms with Crippen molar-refractivity contribution < 1.29 is 23.1 Å². The van der Waals surface area contributed by atoms with E-state index in [0.717, 1.165) is 31.7 Å². The zero-order valence-corrected chi connectivity index (χ0v) is 11.4. The Morgan fingerprint density at radius 3 is 2.71 bits per heavy atom. The highest BCUT2D eigenvalue weighted by molar-refractivity contribution is 5.99. The predicted octanol–water partition coefficient (Wildman–Crippen LogP) is 2.38. The second-order valence-electron chi connectivity index (χ2n) is 4.94. The van der Waals surface area contributed by atoms with E-state index in [4.69, 9.17) is 15.7 Å². The van der Waals surface area contributed by atoms with Crippen LogP contribution in [0.3, 0.4) is 0 Å². The van der Waals surface area contributed by atoms with Crippen molar-refractivity contribution in [2.24, 2.45) is 10.9 Å². The minimum Gasteiger partial charge on any atom is -0.464 e. The largest absolute Gasteiger partial charge is 0.464 e. The minimum absolute atomic E-state index is 0.0780. The third-order valence-corrected chi connectivity index (χ3v) is 3.40. The molecular weight excluding hydrogens is 287 g/mol. The first-order chi connectivity index (χ1) is 9.82. The fourth-order valence-electron chi connectivity index (χ4n) is 2.18. The van der Waals surface area contributed by atoms with Crippen LogP contribution < -0.4 is 10.5 Å². The van der Waals surface area contributed by atoms with Crippen molar-refractivity contribution in [2.75, 3.05) is 0 Å². The van der Waals surface area contributed by atoms with Gasteiger partial charge >= 0.3 is 6.18 Å². The van der Waals surface area contributed by atoms with Gasteiger partial charge in [0.15, 0.2) is 11.9 Å². The molecule has 1 unspecified atom stereocenters. The van der Waals surface area contributed by atoms with E-state index >= 15 is 0 Å². The van der Waals surface area contributed by atoms with Crippen LogP contribution in [-0.2, 0) is 12.8 Å². The molecule has 1 aromatic rings. The van der Waals surface area contributed by atoms with Gasteiger partial charge in [-0.25, -0.2) is 4.98 Å². The highest BCUT2D eigenvalue weighted by Crippen LogP contribution is 2.29. The Balaban J connectivity index is 2.42. The number of pyridine rings is 1. The lowest BCUT2D eigenvalue weighted by molar-refractivity contribution is -0.190. The number of hydrogen-bond donors (Lipinski definition) is 2. The number of halogens is 3.